The Morgan fingerprint density at radius 1 is 1.15 bits per heavy atom. The molecule has 0 bridgehead atoms. The van der Waals surface area contributed by atoms with Crippen molar-refractivity contribution in [3.05, 3.63) is 53.8 Å². The highest BCUT2D eigenvalue weighted by molar-refractivity contribution is 7.89. The van der Waals surface area contributed by atoms with Crippen molar-refractivity contribution >= 4 is 21.8 Å². The highest BCUT2D eigenvalue weighted by atomic mass is 32.2. The second kappa shape index (κ2) is 7.51. The Hall–Kier alpha value is -2.69. The first-order chi connectivity index (χ1) is 12.8. The Bertz CT molecular complexity index is 941. The van der Waals surface area contributed by atoms with E-state index < -0.39 is 33.5 Å². The van der Waals surface area contributed by atoms with E-state index >= 15 is 0 Å². The van der Waals surface area contributed by atoms with Crippen LogP contribution in [-0.4, -0.2) is 50.8 Å². The molecule has 144 valence electrons. The Balaban J connectivity index is 1.72. The van der Waals surface area contributed by atoms with Crippen LogP contribution in [0.15, 0.2) is 52.0 Å². The Kier molecular flexibility index (Phi) is 5.31. The standard InChI is InChI=1S/C17H20N4O5S/c18-13-10-21(9-12(13)11-4-2-1-3-5-11)17(23)14-6-7-16(26-14)27(24,25)20-8-15(19)22/h1-7,12-13,20H,8-10,18H2,(H2,19,22)/t12-,13+/m0/s1. The van der Waals surface area contributed by atoms with Gasteiger partial charge in [0.15, 0.2) is 5.76 Å². The molecule has 9 nitrogen and oxygen atoms in total. The largest absolute Gasteiger partial charge is 0.438 e. The monoisotopic (exact) mass is 392 g/mol. The molecule has 1 fully saturated rings. The zero-order valence-electron chi connectivity index (χ0n) is 14.4. The molecule has 0 spiro atoms. The van der Waals surface area contributed by atoms with E-state index in [0.29, 0.717) is 13.1 Å². The first kappa shape index (κ1) is 19.1. The first-order valence-electron chi connectivity index (χ1n) is 8.25. The van der Waals surface area contributed by atoms with E-state index in [1.54, 1.807) is 0 Å². The summed E-state index contributed by atoms with van der Waals surface area (Å²) in [7, 11) is -4.07. The van der Waals surface area contributed by atoms with Crippen molar-refractivity contribution in [3.8, 4) is 0 Å². The fourth-order valence-electron chi connectivity index (χ4n) is 3.02. The molecule has 5 N–H and O–H groups in total. The number of hydrogen-bond donors (Lipinski definition) is 3. The number of rotatable bonds is 6. The topological polar surface area (TPSA) is 149 Å². The lowest BCUT2D eigenvalue weighted by Gasteiger charge is -2.15. The quantitative estimate of drug-likeness (QED) is 0.609. The van der Waals surface area contributed by atoms with Crippen LogP contribution < -0.4 is 16.2 Å². The molecule has 1 aromatic heterocycles. The summed E-state index contributed by atoms with van der Waals surface area (Å²) in [5.41, 5.74) is 12.1. The minimum absolute atomic E-state index is 0.00875. The summed E-state index contributed by atoms with van der Waals surface area (Å²) >= 11 is 0. The zero-order valence-corrected chi connectivity index (χ0v) is 15.2. The fraction of sp³-hybridized carbons (Fsp3) is 0.294. The van der Waals surface area contributed by atoms with Crippen LogP contribution >= 0.6 is 0 Å². The van der Waals surface area contributed by atoms with Gasteiger partial charge in [-0.2, -0.15) is 4.72 Å². The summed E-state index contributed by atoms with van der Waals surface area (Å²) in [4.78, 5) is 24.9. The zero-order chi connectivity index (χ0) is 19.6. The van der Waals surface area contributed by atoms with Crippen LogP contribution in [0.2, 0.25) is 0 Å². The molecule has 2 atom stereocenters. The maximum atomic E-state index is 12.7. The summed E-state index contributed by atoms with van der Waals surface area (Å²) in [6.45, 7) is 0.180. The molecule has 3 rings (SSSR count). The molecule has 1 saturated heterocycles. The molecule has 0 radical (unpaired) electrons. The van der Waals surface area contributed by atoms with Crippen molar-refractivity contribution in [2.75, 3.05) is 19.6 Å². The predicted octanol–water partition coefficient (Wildman–Crippen LogP) is -0.390. The van der Waals surface area contributed by atoms with Crippen LogP contribution in [0.4, 0.5) is 0 Å². The van der Waals surface area contributed by atoms with E-state index in [1.807, 2.05) is 35.1 Å². The number of nitrogens with zero attached hydrogens (tertiary/aromatic N) is 1. The minimum atomic E-state index is -4.07. The molecule has 0 aliphatic carbocycles. The van der Waals surface area contributed by atoms with Gasteiger partial charge >= 0.3 is 0 Å². The summed E-state index contributed by atoms with van der Waals surface area (Å²) < 4.78 is 31.2. The van der Waals surface area contributed by atoms with Crippen molar-refractivity contribution in [1.82, 2.24) is 9.62 Å². The number of sulfonamides is 1. The van der Waals surface area contributed by atoms with Gasteiger partial charge in [0.25, 0.3) is 15.9 Å². The van der Waals surface area contributed by atoms with Crippen LogP contribution in [0.3, 0.4) is 0 Å². The third-order valence-corrected chi connectivity index (χ3v) is 5.65. The number of benzene rings is 1. The second-order valence-corrected chi connectivity index (χ2v) is 8.00. The summed E-state index contributed by atoms with van der Waals surface area (Å²) in [5, 5.41) is -0.463. The van der Waals surface area contributed by atoms with Gasteiger partial charge in [0.05, 0.1) is 6.54 Å². The van der Waals surface area contributed by atoms with Gasteiger partial charge in [0, 0.05) is 25.0 Å². The highest BCUT2D eigenvalue weighted by Gasteiger charge is 2.35. The highest BCUT2D eigenvalue weighted by Crippen LogP contribution is 2.28. The molecule has 0 unspecified atom stereocenters. The number of nitrogens with one attached hydrogen (secondary N) is 1. The molecule has 10 heteroatoms. The van der Waals surface area contributed by atoms with Crippen molar-refractivity contribution < 1.29 is 22.4 Å². The number of amides is 2. The molecule has 2 aromatic rings. The average Bonchev–Trinajstić information content (AvgIpc) is 3.28. The minimum Gasteiger partial charge on any atom is -0.438 e. The van der Waals surface area contributed by atoms with Gasteiger partial charge in [0.1, 0.15) is 0 Å². The summed E-state index contributed by atoms with van der Waals surface area (Å²) in [6, 6.07) is 11.9. The molecule has 1 aromatic carbocycles. The van der Waals surface area contributed by atoms with Crippen LogP contribution in [0.1, 0.15) is 22.0 Å². The maximum absolute atomic E-state index is 12.7. The van der Waals surface area contributed by atoms with Gasteiger partial charge < -0.3 is 20.8 Å². The van der Waals surface area contributed by atoms with Gasteiger partial charge in [-0.05, 0) is 17.7 Å². The number of likely N-dealkylation sites (tertiary alicyclic amines) is 1. The Morgan fingerprint density at radius 3 is 2.52 bits per heavy atom. The van der Waals surface area contributed by atoms with E-state index in [2.05, 4.69) is 0 Å². The lowest BCUT2D eigenvalue weighted by atomic mass is 9.95. The van der Waals surface area contributed by atoms with Gasteiger partial charge in [-0.25, -0.2) is 8.42 Å². The van der Waals surface area contributed by atoms with Crippen molar-refractivity contribution in [2.45, 2.75) is 17.1 Å². The average molecular weight is 392 g/mol. The Morgan fingerprint density at radius 2 is 1.85 bits per heavy atom. The maximum Gasteiger partial charge on any atom is 0.289 e. The van der Waals surface area contributed by atoms with E-state index in [1.165, 1.54) is 11.0 Å². The van der Waals surface area contributed by atoms with Crippen LogP contribution in [0, 0.1) is 0 Å². The number of carbonyl (C=O) groups excluding carboxylic acids is 2. The van der Waals surface area contributed by atoms with Crippen molar-refractivity contribution in [3.63, 3.8) is 0 Å². The van der Waals surface area contributed by atoms with Crippen LogP contribution in [-0.2, 0) is 14.8 Å². The molecule has 27 heavy (non-hydrogen) atoms. The van der Waals surface area contributed by atoms with Crippen LogP contribution in [0.25, 0.3) is 0 Å². The van der Waals surface area contributed by atoms with E-state index in [4.69, 9.17) is 15.9 Å². The van der Waals surface area contributed by atoms with Crippen molar-refractivity contribution in [2.24, 2.45) is 11.5 Å². The molecule has 2 amide bonds. The smallest absolute Gasteiger partial charge is 0.289 e. The number of furan rings is 1. The van der Waals surface area contributed by atoms with E-state index in [0.717, 1.165) is 11.6 Å². The fourth-order valence-corrected chi connectivity index (χ4v) is 3.94. The molecule has 0 saturated carbocycles. The lowest BCUT2D eigenvalue weighted by molar-refractivity contribution is -0.116. The predicted molar refractivity (Wildman–Crippen MR) is 96.2 cm³/mol. The van der Waals surface area contributed by atoms with E-state index in [-0.39, 0.29) is 17.7 Å². The van der Waals surface area contributed by atoms with Gasteiger partial charge in [-0.15, -0.1) is 0 Å². The molecular weight excluding hydrogens is 372 g/mol. The first-order valence-corrected chi connectivity index (χ1v) is 9.74. The molecule has 1 aliphatic heterocycles. The molecule has 1 aliphatic rings. The van der Waals surface area contributed by atoms with Gasteiger partial charge in [0.2, 0.25) is 11.0 Å². The number of hydrogen-bond acceptors (Lipinski definition) is 6. The van der Waals surface area contributed by atoms with Crippen LogP contribution in [0.5, 0.6) is 0 Å². The third-order valence-electron chi connectivity index (χ3n) is 4.37. The summed E-state index contributed by atoms with van der Waals surface area (Å²) in [6.07, 6.45) is 0. The third kappa shape index (κ3) is 4.18. The number of primary amides is 1. The van der Waals surface area contributed by atoms with E-state index in [9.17, 15) is 18.0 Å². The number of carbonyl (C=O) groups is 2. The normalized spacial score (nSPS) is 20.0. The second-order valence-electron chi connectivity index (χ2n) is 6.30. The van der Waals surface area contributed by atoms with Crippen molar-refractivity contribution in [1.29, 1.82) is 0 Å². The lowest BCUT2D eigenvalue weighted by Crippen LogP contribution is -2.33. The Labute approximate surface area is 156 Å². The van der Waals surface area contributed by atoms with Gasteiger partial charge in [-0.3, -0.25) is 9.59 Å². The molecular formula is C17H20N4O5S. The summed E-state index contributed by atoms with van der Waals surface area (Å²) in [5.74, 6) is -1.40. The SMILES string of the molecule is NC(=O)CNS(=O)(=O)c1ccc(C(=O)N2C[C@@H](N)[C@H](c3ccccc3)C2)o1. The van der Waals surface area contributed by atoms with Gasteiger partial charge in [-0.1, -0.05) is 30.3 Å². The number of nitrogens with two attached hydrogens (primary N) is 2. The molecule has 2 heterocycles.